The molecule has 3 aromatic carbocycles. The molecule has 2 heterocycles. The van der Waals surface area contributed by atoms with E-state index in [2.05, 4.69) is 25.4 Å². The third kappa shape index (κ3) is 5.30. The molecule has 0 spiro atoms. The number of para-hydroxylation sites is 1. The Kier molecular flexibility index (Phi) is 8.06. The van der Waals surface area contributed by atoms with Crippen molar-refractivity contribution in [3.8, 4) is 22.6 Å². The maximum absolute atomic E-state index is 13.9. The van der Waals surface area contributed by atoms with Gasteiger partial charge in [-0.15, -0.1) is 0 Å². The SMILES string of the molecule is C=CC(=O)N1CCN(c2nc(=O)n(-c3ccccc3C(C)C)c3cc(-c4cc(O)cc(Cl)c4Cl)c(Cl)cc23)C(C)C1. The molecule has 1 unspecified atom stereocenters. The van der Waals surface area contributed by atoms with Crippen LogP contribution >= 0.6 is 34.8 Å². The molecule has 212 valence electrons. The molecule has 0 bridgehead atoms. The van der Waals surface area contributed by atoms with Gasteiger partial charge in [0.25, 0.3) is 0 Å². The zero-order valence-corrected chi connectivity index (χ0v) is 25.1. The van der Waals surface area contributed by atoms with E-state index in [0.717, 1.165) is 5.56 Å². The van der Waals surface area contributed by atoms with E-state index in [4.69, 9.17) is 34.8 Å². The molecule has 0 radical (unpaired) electrons. The molecule has 10 heteroatoms. The molecule has 0 saturated carbocycles. The Hall–Kier alpha value is -3.52. The number of carbonyl (C=O) groups excluding carboxylic acids is 1. The molecule has 4 aromatic rings. The van der Waals surface area contributed by atoms with Gasteiger partial charge in [-0.25, -0.2) is 4.79 Å². The van der Waals surface area contributed by atoms with Crippen LogP contribution in [0.3, 0.4) is 0 Å². The molecular weight excluding hydrogens is 583 g/mol. The smallest absolute Gasteiger partial charge is 0.354 e. The van der Waals surface area contributed by atoms with Crippen LogP contribution < -0.4 is 10.6 Å². The summed E-state index contributed by atoms with van der Waals surface area (Å²) in [7, 11) is 0. The fourth-order valence-electron chi connectivity index (χ4n) is 5.44. The molecule has 7 nitrogen and oxygen atoms in total. The number of hydrogen-bond acceptors (Lipinski definition) is 5. The van der Waals surface area contributed by atoms with Gasteiger partial charge in [-0.05, 0) is 48.7 Å². The van der Waals surface area contributed by atoms with E-state index in [0.29, 0.717) is 58.2 Å². The minimum atomic E-state index is -0.453. The molecule has 1 N–H and O–H groups in total. The van der Waals surface area contributed by atoms with Crippen molar-refractivity contribution in [1.82, 2.24) is 14.5 Å². The van der Waals surface area contributed by atoms with Crippen molar-refractivity contribution in [3.05, 3.63) is 92.3 Å². The minimum absolute atomic E-state index is 0.0655. The molecule has 1 aromatic heterocycles. The van der Waals surface area contributed by atoms with Crippen LogP contribution in [-0.4, -0.2) is 51.1 Å². The van der Waals surface area contributed by atoms with Gasteiger partial charge >= 0.3 is 5.69 Å². The molecule has 1 aliphatic heterocycles. The molecule has 1 saturated heterocycles. The molecule has 41 heavy (non-hydrogen) atoms. The summed E-state index contributed by atoms with van der Waals surface area (Å²) in [6.45, 7) is 11.1. The summed E-state index contributed by atoms with van der Waals surface area (Å²) in [5.41, 5.74) is 2.74. The highest BCUT2D eigenvalue weighted by Gasteiger charge is 2.29. The lowest BCUT2D eigenvalue weighted by atomic mass is 9.99. The zero-order valence-electron chi connectivity index (χ0n) is 22.9. The van der Waals surface area contributed by atoms with Crippen LogP contribution in [0.15, 0.2) is 66.0 Å². The second-order valence-electron chi connectivity index (χ2n) is 10.4. The number of fused-ring (bicyclic) bond motifs is 1. The van der Waals surface area contributed by atoms with E-state index in [1.807, 2.05) is 36.1 Å². The van der Waals surface area contributed by atoms with Gasteiger partial charge in [0.2, 0.25) is 5.91 Å². The molecule has 1 atom stereocenters. The number of amides is 1. The fraction of sp³-hybridized carbons (Fsp3) is 0.258. The number of phenols is 1. The van der Waals surface area contributed by atoms with Crippen molar-refractivity contribution in [1.29, 1.82) is 0 Å². The van der Waals surface area contributed by atoms with Crippen molar-refractivity contribution in [2.45, 2.75) is 32.7 Å². The van der Waals surface area contributed by atoms with Crippen molar-refractivity contribution in [3.63, 3.8) is 0 Å². The normalized spacial score (nSPS) is 15.5. The first-order valence-electron chi connectivity index (χ1n) is 13.2. The predicted octanol–water partition coefficient (Wildman–Crippen LogP) is 7.07. The minimum Gasteiger partial charge on any atom is -0.508 e. The number of anilines is 1. The number of piperazine rings is 1. The highest BCUT2D eigenvalue weighted by Crippen LogP contribution is 2.43. The molecule has 5 rings (SSSR count). The number of aromatic nitrogens is 2. The Morgan fingerprint density at radius 2 is 1.80 bits per heavy atom. The van der Waals surface area contributed by atoms with Gasteiger partial charge in [0.1, 0.15) is 11.6 Å². The average Bonchev–Trinajstić information content (AvgIpc) is 2.94. The third-order valence-electron chi connectivity index (χ3n) is 7.45. The van der Waals surface area contributed by atoms with Crippen LogP contribution in [0, 0.1) is 0 Å². The molecule has 0 aliphatic carbocycles. The van der Waals surface area contributed by atoms with Crippen LogP contribution in [0.5, 0.6) is 5.75 Å². The van der Waals surface area contributed by atoms with Gasteiger partial charge in [0, 0.05) is 53.3 Å². The summed E-state index contributed by atoms with van der Waals surface area (Å²) in [5.74, 6) is 0.415. The topological polar surface area (TPSA) is 78.7 Å². The zero-order chi connectivity index (χ0) is 29.6. The maximum Gasteiger partial charge on any atom is 0.354 e. The summed E-state index contributed by atoms with van der Waals surface area (Å²) >= 11 is 19.7. The van der Waals surface area contributed by atoms with Crippen molar-refractivity contribution >= 4 is 57.4 Å². The number of benzene rings is 3. The highest BCUT2D eigenvalue weighted by atomic mass is 35.5. The monoisotopic (exact) mass is 610 g/mol. The lowest BCUT2D eigenvalue weighted by molar-refractivity contribution is -0.126. The lowest BCUT2D eigenvalue weighted by Crippen LogP contribution is -2.54. The first-order valence-corrected chi connectivity index (χ1v) is 14.4. The number of aromatic hydroxyl groups is 1. The van der Waals surface area contributed by atoms with E-state index in [1.54, 1.807) is 21.6 Å². The van der Waals surface area contributed by atoms with Crippen LogP contribution in [-0.2, 0) is 4.79 Å². The van der Waals surface area contributed by atoms with Gasteiger partial charge in [0.05, 0.1) is 21.2 Å². The van der Waals surface area contributed by atoms with Gasteiger partial charge in [-0.1, -0.05) is 73.4 Å². The van der Waals surface area contributed by atoms with E-state index in [1.165, 1.54) is 18.2 Å². The summed E-state index contributed by atoms with van der Waals surface area (Å²) in [5, 5.41) is 11.7. The van der Waals surface area contributed by atoms with E-state index < -0.39 is 5.69 Å². The third-order valence-corrected chi connectivity index (χ3v) is 8.56. The molecule has 1 aliphatic rings. The Bertz CT molecular complexity index is 1750. The van der Waals surface area contributed by atoms with Crippen molar-refractivity contribution in [2.75, 3.05) is 24.5 Å². The Balaban J connectivity index is 1.81. The maximum atomic E-state index is 13.9. The van der Waals surface area contributed by atoms with E-state index >= 15 is 0 Å². The second kappa shape index (κ2) is 11.4. The van der Waals surface area contributed by atoms with Gasteiger partial charge in [0.15, 0.2) is 0 Å². The molecule has 1 fully saturated rings. The second-order valence-corrected chi connectivity index (χ2v) is 11.6. The first-order chi connectivity index (χ1) is 19.5. The van der Waals surface area contributed by atoms with Gasteiger partial charge < -0.3 is 14.9 Å². The average molecular weight is 612 g/mol. The van der Waals surface area contributed by atoms with Gasteiger partial charge in [-0.3, -0.25) is 9.36 Å². The van der Waals surface area contributed by atoms with Crippen molar-refractivity contribution in [2.24, 2.45) is 0 Å². The summed E-state index contributed by atoms with van der Waals surface area (Å²) < 4.78 is 1.59. The molecular formula is C31H29Cl3N4O3. The van der Waals surface area contributed by atoms with Crippen molar-refractivity contribution < 1.29 is 9.90 Å². The number of nitrogens with zero attached hydrogens (tertiary/aromatic N) is 4. The van der Waals surface area contributed by atoms with Crippen LogP contribution in [0.25, 0.3) is 27.7 Å². The quantitative estimate of drug-likeness (QED) is 0.244. The number of phenolic OH excluding ortho intramolecular Hbond substituents is 1. The van der Waals surface area contributed by atoms with Gasteiger partial charge in [-0.2, -0.15) is 4.98 Å². The Labute approximate surface area is 253 Å². The summed E-state index contributed by atoms with van der Waals surface area (Å²) in [4.78, 5) is 34.6. The number of carbonyl (C=O) groups is 1. The standard InChI is InChI=1S/C31H29Cl3N4O3/c1-5-28(40)36-10-11-37(18(4)16-36)30-23-14-24(32)21(22-12-19(39)13-25(33)29(22)34)15-27(23)38(31(41)35-30)26-9-7-6-8-20(26)17(2)3/h5-9,12-15,17-18,39H,1,10-11,16H2,2-4H3. The molecule has 1 amide bonds. The largest absolute Gasteiger partial charge is 0.508 e. The number of hydrogen-bond donors (Lipinski definition) is 1. The predicted molar refractivity (Wildman–Crippen MR) is 167 cm³/mol. The highest BCUT2D eigenvalue weighted by molar-refractivity contribution is 6.44. The number of halogens is 3. The van der Waals surface area contributed by atoms with E-state index in [9.17, 15) is 14.7 Å². The van der Waals surface area contributed by atoms with Crippen LogP contribution in [0.2, 0.25) is 15.1 Å². The van der Waals surface area contributed by atoms with Crippen LogP contribution in [0.4, 0.5) is 5.82 Å². The van der Waals surface area contributed by atoms with Crippen LogP contribution in [0.1, 0.15) is 32.3 Å². The fourth-order valence-corrected chi connectivity index (χ4v) is 6.13. The Morgan fingerprint density at radius 1 is 1.07 bits per heavy atom. The number of rotatable bonds is 5. The lowest BCUT2D eigenvalue weighted by Gasteiger charge is -2.40. The first kappa shape index (κ1) is 29.0. The Morgan fingerprint density at radius 3 is 2.49 bits per heavy atom. The summed E-state index contributed by atoms with van der Waals surface area (Å²) in [6.07, 6.45) is 1.31. The summed E-state index contributed by atoms with van der Waals surface area (Å²) in [6, 6.07) is 14.0. The van der Waals surface area contributed by atoms with E-state index in [-0.39, 0.29) is 33.7 Å².